The molecule has 0 spiro atoms. The second kappa shape index (κ2) is 8.49. The van der Waals surface area contributed by atoms with Crippen LogP contribution in [0.25, 0.3) is 0 Å². The van der Waals surface area contributed by atoms with E-state index in [9.17, 15) is 13.2 Å². The third-order valence-corrected chi connectivity index (χ3v) is 6.43. The van der Waals surface area contributed by atoms with Crippen molar-refractivity contribution in [3.8, 4) is 0 Å². The number of benzene rings is 1. The van der Waals surface area contributed by atoms with Crippen LogP contribution in [0, 0.1) is 6.92 Å². The number of carbonyl (C=O) groups is 1. The zero-order valence-electron chi connectivity index (χ0n) is 16.4. The number of aryl methyl sites for hydroxylation is 1. The lowest BCUT2D eigenvalue weighted by Gasteiger charge is -2.19. The predicted octanol–water partition coefficient (Wildman–Crippen LogP) is 5.10. The van der Waals surface area contributed by atoms with Gasteiger partial charge in [0, 0.05) is 5.02 Å². The lowest BCUT2D eigenvalue weighted by Crippen LogP contribution is -2.29. The second-order valence-electron chi connectivity index (χ2n) is 6.83. The van der Waals surface area contributed by atoms with Gasteiger partial charge in [-0.1, -0.05) is 11.6 Å². The van der Waals surface area contributed by atoms with Crippen LogP contribution in [0.2, 0.25) is 5.02 Å². The van der Waals surface area contributed by atoms with Gasteiger partial charge in [0.15, 0.2) is 5.76 Å². The first kappa shape index (κ1) is 21.0. The van der Waals surface area contributed by atoms with Gasteiger partial charge in [0.1, 0.15) is 17.3 Å². The fourth-order valence-corrected chi connectivity index (χ4v) is 4.31. The Bertz CT molecular complexity index is 1290. The summed E-state index contributed by atoms with van der Waals surface area (Å²) in [6.07, 6.45) is 1.51. The molecule has 9 heteroatoms. The van der Waals surface area contributed by atoms with E-state index in [2.05, 4.69) is 0 Å². The minimum absolute atomic E-state index is 0.0174. The van der Waals surface area contributed by atoms with Crippen LogP contribution in [0.5, 0.6) is 0 Å². The van der Waals surface area contributed by atoms with E-state index >= 15 is 0 Å². The van der Waals surface area contributed by atoms with Gasteiger partial charge in [-0.25, -0.2) is 8.42 Å². The molecular weight excluding hydrogens is 442 g/mol. The van der Waals surface area contributed by atoms with E-state index in [4.69, 9.17) is 24.9 Å². The number of rotatable bonds is 7. The highest BCUT2D eigenvalue weighted by molar-refractivity contribution is 7.91. The van der Waals surface area contributed by atoms with Crippen LogP contribution in [-0.4, -0.2) is 19.2 Å². The molecule has 4 rings (SSSR count). The fourth-order valence-electron chi connectivity index (χ4n) is 3.01. The van der Waals surface area contributed by atoms with Gasteiger partial charge in [0.05, 0.1) is 24.2 Å². The Kier molecular flexibility index (Phi) is 5.75. The summed E-state index contributed by atoms with van der Waals surface area (Å²) in [6.45, 7) is 2.13. The van der Waals surface area contributed by atoms with Crippen LogP contribution in [0.15, 0.2) is 90.2 Å². The van der Waals surface area contributed by atoms with Crippen LogP contribution in [0.1, 0.15) is 27.8 Å². The quantitative estimate of drug-likeness (QED) is 0.381. The van der Waals surface area contributed by atoms with Gasteiger partial charge in [-0.3, -0.25) is 4.79 Å². The minimum Gasteiger partial charge on any atom is -0.467 e. The van der Waals surface area contributed by atoms with Gasteiger partial charge in [0.25, 0.3) is 5.91 Å². The van der Waals surface area contributed by atoms with Gasteiger partial charge in [0.2, 0.25) is 14.9 Å². The summed E-state index contributed by atoms with van der Waals surface area (Å²) in [4.78, 5) is 14.6. The molecule has 1 aromatic carbocycles. The monoisotopic (exact) mass is 459 g/mol. The van der Waals surface area contributed by atoms with Crippen molar-refractivity contribution in [2.75, 3.05) is 0 Å². The molecule has 31 heavy (non-hydrogen) atoms. The molecule has 0 radical (unpaired) electrons. The molecule has 3 aromatic heterocycles. The van der Waals surface area contributed by atoms with Crippen molar-refractivity contribution in [2.24, 2.45) is 0 Å². The molecule has 0 fully saturated rings. The van der Waals surface area contributed by atoms with Gasteiger partial charge < -0.3 is 18.2 Å². The Morgan fingerprint density at radius 3 is 2.32 bits per heavy atom. The largest absolute Gasteiger partial charge is 0.467 e. The zero-order chi connectivity index (χ0) is 22.0. The number of hydrogen-bond donors (Lipinski definition) is 0. The number of carbonyl (C=O) groups excluding carboxylic acids is 1. The highest BCUT2D eigenvalue weighted by Gasteiger charge is 2.27. The van der Waals surface area contributed by atoms with E-state index in [0.717, 1.165) is 5.76 Å². The molecule has 0 aliphatic carbocycles. The van der Waals surface area contributed by atoms with Crippen molar-refractivity contribution < 1.29 is 26.5 Å². The number of hydrogen-bond acceptors (Lipinski definition) is 6. The van der Waals surface area contributed by atoms with Crippen molar-refractivity contribution >= 4 is 27.3 Å². The summed E-state index contributed by atoms with van der Waals surface area (Å²) in [5.41, 5.74) is 0. The molecule has 7 nitrogen and oxygen atoms in total. The zero-order valence-corrected chi connectivity index (χ0v) is 18.0. The molecular formula is C22H18ClNO6S. The number of furan rings is 3. The number of nitrogens with zero attached hydrogens (tertiary/aromatic N) is 1. The van der Waals surface area contributed by atoms with E-state index in [0.29, 0.717) is 16.5 Å². The van der Waals surface area contributed by atoms with E-state index < -0.39 is 15.7 Å². The van der Waals surface area contributed by atoms with Crippen LogP contribution in [0.3, 0.4) is 0 Å². The average molecular weight is 460 g/mol. The maximum atomic E-state index is 13.1. The number of halogens is 1. The SMILES string of the molecule is Cc1ccc(CN(Cc2ccco2)C(=O)c2ccc(S(=O)(=O)c3ccc(Cl)cc3)o2)o1. The molecule has 0 bridgehead atoms. The summed E-state index contributed by atoms with van der Waals surface area (Å²) in [6, 6.07) is 15.3. The Morgan fingerprint density at radius 2 is 1.68 bits per heavy atom. The summed E-state index contributed by atoms with van der Waals surface area (Å²) >= 11 is 5.83. The maximum Gasteiger partial charge on any atom is 0.290 e. The normalized spacial score (nSPS) is 11.5. The van der Waals surface area contributed by atoms with Gasteiger partial charge in [-0.15, -0.1) is 0 Å². The first-order valence-electron chi connectivity index (χ1n) is 9.30. The molecule has 0 aliphatic rings. The Hall–Kier alpha value is -3.23. The van der Waals surface area contributed by atoms with Crippen LogP contribution in [-0.2, 0) is 22.9 Å². The summed E-state index contributed by atoms with van der Waals surface area (Å²) in [5, 5.41) is 0.0842. The standard InChI is InChI=1S/C22H18ClNO6S/c1-15-4-7-18(29-15)14-24(13-17-3-2-12-28-17)22(25)20-10-11-21(30-20)31(26,27)19-8-5-16(23)6-9-19/h2-12H,13-14H2,1H3. The summed E-state index contributed by atoms with van der Waals surface area (Å²) in [5.74, 6) is 1.26. The maximum absolute atomic E-state index is 13.1. The highest BCUT2D eigenvalue weighted by atomic mass is 35.5. The van der Waals surface area contributed by atoms with Crippen LogP contribution >= 0.6 is 11.6 Å². The van der Waals surface area contributed by atoms with E-state index in [-0.39, 0.29) is 28.8 Å². The Labute approximate surface area is 183 Å². The lowest BCUT2D eigenvalue weighted by atomic mass is 10.3. The lowest BCUT2D eigenvalue weighted by molar-refractivity contribution is 0.0666. The average Bonchev–Trinajstić information content (AvgIpc) is 3.50. The molecule has 0 saturated heterocycles. The van der Waals surface area contributed by atoms with Crippen molar-refractivity contribution in [1.82, 2.24) is 4.90 Å². The van der Waals surface area contributed by atoms with E-state index in [1.807, 2.05) is 6.92 Å². The topological polar surface area (TPSA) is 93.9 Å². The van der Waals surface area contributed by atoms with Gasteiger partial charge in [-0.05, 0) is 67.6 Å². The summed E-state index contributed by atoms with van der Waals surface area (Å²) < 4.78 is 42.0. The van der Waals surface area contributed by atoms with Gasteiger partial charge >= 0.3 is 0 Å². The van der Waals surface area contributed by atoms with Crippen molar-refractivity contribution in [3.05, 3.63) is 95.0 Å². The second-order valence-corrected chi connectivity index (χ2v) is 9.15. The number of sulfone groups is 1. The smallest absolute Gasteiger partial charge is 0.290 e. The Morgan fingerprint density at radius 1 is 0.935 bits per heavy atom. The van der Waals surface area contributed by atoms with E-state index in [1.54, 1.807) is 24.3 Å². The van der Waals surface area contributed by atoms with Crippen LogP contribution < -0.4 is 0 Å². The van der Waals surface area contributed by atoms with Crippen molar-refractivity contribution in [3.63, 3.8) is 0 Å². The molecule has 4 aromatic rings. The molecule has 3 heterocycles. The summed E-state index contributed by atoms with van der Waals surface area (Å²) in [7, 11) is -3.93. The van der Waals surface area contributed by atoms with Crippen LogP contribution in [0.4, 0.5) is 0 Å². The molecule has 0 unspecified atom stereocenters. The molecule has 160 valence electrons. The minimum atomic E-state index is -3.93. The van der Waals surface area contributed by atoms with Crippen molar-refractivity contribution in [1.29, 1.82) is 0 Å². The van der Waals surface area contributed by atoms with E-state index in [1.165, 1.54) is 47.6 Å². The predicted molar refractivity (Wildman–Crippen MR) is 111 cm³/mol. The van der Waals surface area contributed by atoms with Crippen molar-refractivity contribution in [2.45, 2.75) is 30.0 Å². The highest BCUT2D eigenvalue weighted by Crippen LogP contribution is 2.25. The first-order chi connectivity index (χ1) is 14.8. The molecule has 0 aliphatic heterocycles. The molecule has 1 amide bonds. The molecule has 0 saturated carbocycles. The third kappa shape index (κ3) is 4.60. The van der Waals surface area contributed by atoms with Gasteiger partial charge in [-0.2, -0.15) is 0 Å². The number of amides is 1. The fraction of sp³-hybridized carbons (Fsp3) is 0.136. The first-order valence-corrected chi connectivity index (χ1v) is 11.2. The molecule has 0 atom stereocenters. The third-order valence-electron chi connectivity index (χ3n) is 4.54. The molecule has 0 N–H and O–H groups in total. The Balaban J connectivity index is 1.61.